The number of anilines is 1. The second-order valence-electron chi connectivity index (χ2n) is 5.96. The van der Waals surface area contributed by atoms with Crippen molar-refractivity contribution in [3.63, 3.8) is 0 Å². The van der Waals surface area contributed by atoms with Crippen LogP contribution in [0.4, 0.5) is 28.9 Å². The number of benzene rings is 2. The Bertz CT molecular complexity index is 1090. The molecule has 0 atom stereocenters. The number of furan rings is 1. The van der Waals surface area contributed by atoms with Crippen molar-refractivity contribution in [3.05, 3.63) is 69.2 Å². The maximum absolute atomic E-state index is 13.4. The van der Waals surface area contributed by atoms with Crippen LogP contribution < -0.4 is 5.32 Å². The van der Waals surface area contributed by atoms with Gasteiger partial charge in [0.15, 0.2) is 5.76 Å². The molecule has 1 N–H and O–H groups in total. The first kappa shape index (κ1) is 19.3. The van der Waals surface area contributed by atoms with Crippen molar-refractivity contribution >= 4 is 28.1 Å². The summed E-state index contributed by atoms with van der Waals surface area (Å²) < 4.78 is 57.0. The number of halogens is 4. The van der Waals surface area contributed by atoms with E-state index in [0.29, 0.717) is 28.7 Å². The minimum atomic E-state index is -4.74. The van der Waals surface area contributed by atoms with Crippen LogP contribution in [0.1, 0.15) is 21.7 Å². The van der Waals surface area contributed by atoms with Gasteiger partial charge in [-0.2, -0.15) is 13.2 Å². The molecular weight excluding hydrogens is 384 g/mol. The van der Waals surface area contributed by atoms with Crippen molar-refractivity contribution in [2.45, 2.75) is 13.1 Å². The minimum absolute atomic E-state index is 0.0670. The van der Waals surface area contributed by atoms with Gasteiger partial charge in [-0.3, -0.25) is 14.9 Å². The number of nitro benzene ring substituents is 1. The van der Waals surface area contributed by atoms with Crippen molar-refractivity contribution in [1.82, 2.24) is 0 Å². The van der Waals surface area contributed by atoms with Crippen LogP contribution in [0.15, 0.2) is 40.8 Å². The highest BCUT2D eigenvalue weighted by atomic mass is 19.4. The first-order chi connectivity index (χ1) is 13.1. The largest absolute Gasteiger partial charge is 0.453 e. The fourth-order valence-corrected chi connectivity index (χ4v) is 2.72. The van der Waals surface area contributed by atoms with Crippen LogP contribution in [0.5, 0.6) is 0 Å². The lowest BCUT2D eigenvalue weighted by Crippen LogP contribution is -2.15. The average molecular weight is 396 g/mol. The Morgan fingerprint density at radius 3 is 2.57 bits per heavy atom. The summed E-state index contributed by atoms with van der Waals surface area (Å²) in [4.78, 5) is 22.5. The van der Waals surface area contributed by atoms with Gasteiger partial charge in [0.25, 0.3) is 5.69 Å². The zero-order valence-corrected chi connectivity index (χ0v) is 14.3. The van der Waals surface area contributed by atoms with Crippen molar-refractivity contribution < 1.29 is 31.7 Å². The Morgan fingerprint density at radius 2 is 1.93 bits per heavy atom. The highest BCUT2D eigenvalue weighted by molar-refractivity contribution is 6.02. The third kappa shape index (κ3) is 3.66. The van der Waals surface area contributed by atoms with Crippen LogP contribution in [0.2, 0.25) is 0 Å². The topological polar surface area (TPSA) is 85.4 Å². The number of alkyl halides is 3. The molecule has 3 rings (SSSR count). The van der Waals surface area contributed by atoms with E-state index < -0.39 is 40.5 Å². The molecule has 0 aliphatic carbocycles. The number of Topliss-reactive ketones (excluding diaryl/α,β-unsaturated/α-hetero) is 1. The zero-order chi connectivity index (χ0) is 20.6. The molecule has 2 aromatic carbocycles. The van der Waals surface area contributed by atoms with E-state index in [9.17, 15) is 32.5 Å². The second kappa shape index (κ2) is 6.95. The molecule has 0 amide bonds. The Balaban J connectivity index is 1.85. The Morgan fingerprint density at radius 1 is 1.21 bits per heavy atom. The molecule has 0 saturated carbocycles. The van der Waals surface area contributed by atoms with E-state index in [2.05, 4.69) is 5.32 Å². The number of aryl methyl sites for hydroxylation is 1. The average Bonchev–Trinajstić information content (AvgIpc) is 2.95. The fraction of sp³-hybridized carbons (Fsp3) is 0.167. The molecule has 0 saturated heterocycles. The molecule has 10 heteroatoms. The lowest BCUT2D eigenvalue weighted by Gasteiger charge is -2.10. The van der Waals surface area contributed by atoms with Gasteiger partial charge >= 0.3 is 6.18 Å². The number of carbonyl (C=O) groups is 1. The summed E-state index contributed by atoms with van der Waals surface area (Å²) in [5.41, 5.74) is -1.55. The molecule has 0 fully saturated rings. The summed E-state index contributed by atoms with van der Waals surface area (Å²) in [7, 11) is 0. The van der Waals surface area contributed by atoms with E-state index >= 15 is 0 Å². The van der Waals surface area contributed by atoms with Crippen molar-refractivity contribution in [2.24, 2.45) is 0 Å². The van der Waals surface area contributed by atoms with Gasteiger partial charge in [0.2, 0.25) is 5.78 Å². The summed E-state index contributed by atoms with van der Waals surface area (Å²) >= 11 is 0. The standard InChI is InChI=1S/C18H12F4N2O4/c1-9-12-7-11(19)3-5-16(12)28-17(9)15(25)8-23-13-4-2-10(18(20,21)22)6-14(13)24(26)27/h2-7,23H,8H2,1H3. The molecule has 3 aromatic rings. The Labute approximate surface area is 154 Å². The number of nitro groups is 1. The summed E-state index contributed by atoms with van der Waals surface area (Å²) in [6, 6.07) is 5.69. The maximum Gasteiger partial charge on any atom is 0.416 e. The van der Waals surface area contributed by atoms with E-state index in [1.807, 2.05) is 0 Å². The lowest BCUT2D eigenvalue weighted by molar-refractivity contribution is -0.384. The van der Waals surface area contributed by atoms with E-state index in [1.54, 1.807) is 6.92 Å². The molecule has 146 valence electrons. The summed E-state index contributed by atoms with van der Waals surface area (Å²) in [5, 5.41) is 13.9. The van der Waals surface area contributed by atoms with Crippen LogP contribution in [-0.4, -0.2) is 17.3 Å². The third-order valence-electron chi connectivity index (χ3n) is 4.11. The Kier molecular flexibility index (Phi) is 4.80. The van der Waals surface area contributed by atoms with Crippen LogP contribution in [0.3, 0.4) is 0 Å². The van der Waals surface area contributed by atoms with Gasteiger partial charge in [-0.05, 0) is 37.3 Å². The number of carbonyl (C=O) groups excluding carboxylic acids is 1. The molecule has 6 nitrogen and oxygen atoms in total. The molecule has 0 radical (unpaired) electrons. The van der Waals surface area contributed by atoms with Crippen LogP contribution in [0, 0.1) is 22.9 Å². The fourth-order valence-electron chi connectivity index (χ4n) is 2.72. The van der Waals surface area contributed by atoms with E-state index in [0.717, 1.165) is 6.07 Å². The predicted molar refractivity (Wildman–Crippen MR) is 91.8 cm³/mol. The predicted octanol–water partition coefficient (Wildman–Crippen LogP) is 5.10. The van der Waals surface area contributed by atoms with E-state index in [4.69, 9.17) is 4.42 Å². The third-order valence-corrected chi connectivity index (χ3v) is 4.11. The molecule has 0 aliphatic rings. The number of hydrogen-bond donors (Lipinski definition) is 1. The molecule has 0 bridgehead atoms. The quantitative estimate of drug-likeness (QED) is 0.281. The first-order valence-corrected chi connectivity index (χ1v) is 7.89. The molecule has 28 heavy (non-hydrogen) atoms. The second-order valence-corrected chi connectivity index (χ2v) is 5.96. The normalized spacial score (nSPS) is 11.6. The lowest BCUT2D eigenvalue weighted by atomic mass is 10.1. The first-order valence-electron chi connectivity index (χ1n) is 7.89. The number of fused-ring (bicyclic) bond motifs is 1. The SMILES string of the molecule is Cc1c(C(=O)CNc2ccc(C(F)(F)F)cc2[N+](=O)[O-])oc2ccc(F)cc12. The van der Waals surface area contributed by atoms with Gasteiger partial charge in [-0.1, -0.05) is 0 Å². The van der Waals surface area contributed by atoms with Gasteiger partial charge < -0.3 is 9.73 Å². The van der Waals surface area contributed by atoms with Gasteiger partial charge in [-0.25, -0.2) is 4.39 Å². The summed E-state index contributed by atoms with van der Waals surface area (Å²) in [6.07, 6.45) is -4.74. The van der Waals surface area contributed by atoms with Gasteiger partial charge in [-0.15, -0.1) is 0 Å². The van der Waals surface area contributed by atoms with Gasteiger partial charge in [0, 0.05) is 17.0 Å². The number of nitrogens with one attached hydrogen (secondary N) is 1. The van der Waals surface area contributed by atoms with Crippen LogP contribution in [0.25, 0.3) is 11.0 Å². The molecule has 1 heterocycles. The minimum Gasteiger partial charge on any atom is -0.453 e. The molecule has 0 aliphatic heterocycles. The highest BCUT2D eigenvalue weighted by Crippen LogP contribution is 2.35. The monoisotopic (exact) mass is 396 g/mol. The number of rotatable bonds is 5. The van der Waals surface area contributed by atoms with Gasteiger partial charge in [0.05, 0.1) is 17.0 Å². The smallest absolute Gasteiger partial charge is 0.416 e. The van der Waals surface area contributed by atoms with Crippen molar-refractivity contribution in [2.75, 3.05) is 11.9 Å². The molecule has 0 unspecified atom stereocenters. The summed E-state index contributed by atoms with van der Waals surface area (Å²) in [5.74, 6) is -1.17. The van der Waals surface area contributed by atoms with Crippen LogP contribution >= 0.6 is 0 Å². The van der Waals surface area contributed by atoms with Crippen molar-refractivity contribution in [3.8, 4) is 0 Å². The molecule has 0 spiro atoms. The Hall–Kier alpha value is -3.43. The van der Waals surface area contributed by atoms with Crippen molar-refractivity contribution in [1.29, 1.82) is 0 Å². The maximum atomic E-state index is 13.4. The van der Waals surface area contributed by atoms with E-state index in [1.165, 1.54) is 18.2 Å². The number of nitrogens with zero attached hydrogens (tertiary/aromatic N) is 1. The van der Waals surface area contributed by atoms with Gasteiger partial charge in [0.1, 0.15) is 17.1 Å². The number of hydrogen-bond acceptors (Lipinski definition) is 5. The van der Waals surface area contributed by atoms with Crippen LogP contribution in [-0.2, 0) is 6.18 Å². The zero-order valence-electron chi connectivity index (χ0n) is 14.3. The molecule has 1 aromatic heterocycles. The summed E-state index contributed by atoms with van der Waals surface area (Å²) in [6.45, 7) is 1.09. The van der Waals surface area contributed by atoms with E-state index in [-0.39, 0.29) is 11.4 Å². The number of ketones is 1. The highest BCUT2D eigenvalue weighted by Gasteiger charge is 2.33. The molecular formula is C18H12F4N2O4.